The minimum absolute atomic E-state index is 0.191. The molecule has 0 aliphatic rings. The normalized spacial score (nSPS) is 11.5. The van der Waals surface area contributed by atoms with Gasteiger partial charge in [-0.3, -0.25) is 0 Å². The Morgan fingerprint density at radius 2 is 1.82 bits per heavy atom. The van der Waals surface area contributed by atoms with Crippen molar-refractivity contribution in [3.05, 3.63) is 59.1 Å². The number of halogens is 1. The van der Waals surface area contributed by atoms with E-state index in [0.29, 0.717) is 4.88 Å². The van der Waals surface area contributed by atoms with Crippen molar-refractivity contribution in [2.75, 3.05) is 11.9 Å². The highest BCUT2D eigenvalue weighted by molar-refractivity contribution is 9.10. The zero-order chi connectivity index (χ0) is 15.7. The molecule has 112 valence electrons. The van der Waals surface area contributed by atoms with Crippen LogP contribution in [0.1, 0.15) is 0 Å². The fourth-order valence-corrected chi connectivity index (χ4v) is 3.45. The van der Waals surface area contributed by atoms with E-state index in [-0.39, 0.29) is 5.88 Å². The maximum absolute atomic E-state index is 11.7. The second-order valence-corrected chi connectivity index (χ2v) is 6.83. The van der Waals surface area contributed by atoms with Gasteiger partial charge in [0.1, 0.15) is 0 Å². The van der Waals surface area contributed by atoms with Crippen LogP contribution in [-0.2, 0) is 0 Å². The van der Waals surface area contributed by atoms with Crippen LogP contribution in [0, 0.1) is 0 Å². The number of nitrogens with zero attached hydrogens (tertiary/aromatic N) is 2. The Kier molecular flexibility index (Phi) is 4.15. The van der Waals surface area contributed by atoms with Gasteiger partial charge in [0, 0.05) is 32.8 Å². The molecule has 0 spiro atoms. The molecule has 1 aromatic heterocycles. The van der Waals surface area contributed by atoms with Crippen LogP contribution in [0.4, 0.5) is 11.4 Å². The van der Waals surface area contributed by atoms with Crippen LogP contribution in [0.15, 0.2) is 59.1 Å². The van der Waals surface area contributed by atoms with Crippen molar-refractivity contribution in [3.8, 4) is 16.3 Å². The van der Waals surface area contributed by atoms with Gasteiger partial charge in [0.15, 0.2) is 0 Å². The van der Waals surface area contributed by atoms with Gasteiger partial charge in [-0.1, -0.05) is 22.0 Å². The molecule has 1 N–H and O–H groups in total. The number of rotatable bonds is 3. The third-order valence-electron chi connectivity index (χ3n) is 3.36. The van der Waals surface area contributed by atoms with Gasteiger partial charge < -0.3 is 14.6 Å². The second kappa shape index (κ2) is 6.08. The number of hydrogen-bond donors (Lipinski definition) is 1. The molecular formula is C16H13BrN2O2S. The predicted octanol–water partition coefficient (Wildman–Crippen LogP) is 4.71. The number of aromatic nitrogens is 1. The summed E-state index contributed by atoms with van der Waals surface area (Å²) < 4.78 is 16.4. The molecular weight excluding hydrogens is 364 g/mol. The minimum Gasteiger partial charge on any atom is -0.568 e. The first kappa shape index (κ1) is 15.0. The van der Waals surface area contributed by atoms with Crippen LogP contribution in [0.25, 0.3) is 10.4 Å². The average molecular weight is 377 g/mol. The van der Waals surface area contributed by atoms with Crippen LogP contribution in [0.3, 0.4) is 0 Å². The van der Waals surface area contributed by atoms with Crippen LogP contribution in [0.5, 0.6) is 5.88 Å². The Hall–Kier alpha value is -1.89. The van der Waals surface area contributed by atoms with Crippen molar-refractivity contribution in [1.29, 1.82) is 0 Å². The number of anilines is 2. The largest absolute Gasteiger partial charge is 0.568 e. The third kappa shape index (κ3) is 2.99. The summed E-state index contributed by atoms with van der Waals surface area (Å²) >= 11 is 3.47. The molecule has 2 aromatic carbocycles. The molecule has 3 rings (SSSR count). The summed E-state index contributed by atoms with van der Waals surface area (Å²) in [5.41, 5.74) is 2.86. The molecule has 0 radical (unpaired) electrons. The Morgan fingerprint density at radius 1 is 1.09 bits per heavy atom. The van der Waals surface area contributed by atoms with E-state index in [1.807, 2.05) is 55.6 Å². The lowest BCUT2D eigenvalue weighted by Gasteiger charge is -2.19. The van der Waals surface area contributed by atoms with Crippen molar-refractivity contribution < 1.29 is 9.66 Å². The molecule has 0 saturated heterocycles. The molecule has 4 nitrogen and oxygen atoms in total. The molecule has 1 unspecified atom stereocenters. The first-order valence-electron chi connectivity index (χ1n) is 6.55. The summed E-state index contributed by atoms with van der Waals surface area (Å²) in [4.78, 5) is 2.58. The molecule has 1 heterocycles. The maximum Gasteiger partial charge on any atom is 0.270 e. The number of hydrogen-bond acceptors (Lipinski definition) is 4. The lowest BCUT2D eigenvalue weighted by Crippen LogP contribution is -2.08. The van der Waals surface area contributed by atoms with Gasteiger partial charge in [0.25, 0.3) is 5.88 Å². The average Bonchev–Trinajstić information content (AvgIpc) is 2.85. The molecule has 1 atom stereocenters. The van der Waals surface area contributed by atoms with Crippen LogP contribution in [0.2, 0.25) is 0 Å². The topological polar surface area (TPSA) is 59.4 Å². The van der Waals surface area contributed by atoms with Gasteiger partial charge >= 0.3 is 0 Å². The zero-order valence-corrected chi connectivity index (χ0v) is 14.1. The second-order valence-electron chi connectivity index (χ2n) is 4.79. The lowest BCUT2D eigenvalue weighted by atomic mass is 10.1. The Bertz CT molecular complexity index is 802. The Morgan fingerprint density at radius 3 is 2.41 bits per heavy atom. The summed E-state index contributed by atoms with van der Waals surface area (Å²) in [6.45, 7) is 0. The molecule has 0 aliphatic heterocycles. The molecule has 22 heavy (non-hydrogen) atoms. The van der Waals surface area contributed by atoms with Crippen molar-refractivity contribution >= 4 is 38.3 Å². The van der Waals surface area contributed by atoms with Gasteiger partial charge in [-0.05, 0) is 42.5 Å². The van der Waals surface area contributed by atoms with E-state index in [0.717, 1.165) is 21.4 Å². The van der Waals surface area contributed by atoms with Gasteiger partial charge in [0.2, 0.25) is 4.88 Å². The fraction of sp³-hybridized carbons (Fsp3) is 0.0625. The minimum atomic E-state index is -1.52. The van der Waals surface area contributed by atoms with Gasteiger partial charge in [0.05, 0.1) is 17.0 Å². The Labute approximate surface area is 139 Å². The van der Waals surface area contributed by atoms with E-state index in [2.05, 4.69) is 25.2 Å². The molecule has 0 amide bonds. The lowest BCUT2D eigenvalue weighted by molar-refractivity contribution is 0.458. The van der Waals surface area contributed by atoms with Crippen molar-refractivity contribution in [3.63, 3.8) is 0 Å². The SMILES string of the molecule is CN(c1ccc(-c2cc(O)n[s+]2[O-])cc1)c1cccc(Br)c1. The van der Waals surface area contributed by atoms with Crippen LogP contribution >= 0.6 is 26.9 Å². The van der Waals surface area contributed by atoms with Crippen molar-refractivity contribution in [2.45, 2.75) is 0 Å². The summed E-state index contributed by atoms with van der Waals surface area (Å²) in [5.74, 6) is -0.191. The highest BCUT2D eigenvalue weighted by Crippen LogP contribution is 2.35. The first-order valence-corrected chi connectivity index (χ1v) is 8.45. The smallest absolute Gasteiger partial charge is 0.270 e. The van der Waals surface area contributed by atoms with E-state index < -0.39 is 10.9 Å². The Balaban J connectivity index is 1.89. The van der Waals surface area contributed by atoms with E-state index in [1.165, 1.54) is 6.07 Å². The van der Waals surface area contributed by atoms with E-state index in [9.17, 15) is 9.66 Å². The van der Waals surface area contributed by atoms with Crippen LogP contribution in [-0.4, -0.2) is 21.1 Å². The fourth-order valence-electron chi connectivity index (χ4n) is 2.20. The molecule has 0 fully saturated rings. The summed E-state index contributed by atoms with van der Waals surface area (Å²) in [7, 11) is 0.466. The van der Waals surface area contributed by atoms with Gasteiger partial charge in [-0.15, -0.1) is 0 Å². The highest BCUT2D eigenvalue weighted by atomic mass is 79.9. The number of aromatic hydroxyl groups is 1. The molecule has 6 heteroatoms. The zero-order valence-electron chi connectivity index (χ0n) is 11.7. The molecule has 0 bridgehead atoms. The maximum atomic E-state index is 11.7. The molecule has 0 saturated carbocycles. The first-order chi connectivity index (χ1) is 10.5. The molecule has 0 aliphatic carbocycles. The standard InChI is InChI=1S/C16H13BrN2O2S/c1-19(14-4-2-3-12(17)9-14)13-7-5-11(6-8-13)15-10-16(20)18-22(15)21/h2-10H,1H3,(H,18,20). The van der Waals surface area contributed by atoms with Gasteiger partial charge in [-0.25, -0.2) is 0 Å². The summed E-state index contributed by atoms with van der Waals surface area (Å²) in [5, 5.41) is 9.32. The predicted molar refractivity (Wildman–Crippen MR) is 92.2 cm³/mol. The van der Waals surface area contributed by atoms with Crippen LogP contribution < -0.4 is 4.90 Å². The van der Waals surface area contributed by atoms with Crippen molar-refractivity contribution in [2.24, 2.45) is 0 Å². The van der Waals surface area contributed by atoms with E-state index in [1.54, 1.807) is 0 Å². The number of benzene rings is 2. The molecule has 3 aromatic rings. The quantitative estimate of drug-likeness (QED) is 0.672. The monoisotopic (exact) mass is 376 g/mol. The highest BCUT2D eigenvalue weighted by Gasteiger charge is 2.15. The van der Waals surface area contributed by atoms with Gasteiger partial charge in [-0.2, -0.15) is 0 Å². The summed E-state index contributed by atoms with van der Waals surface area (Å²) in [6.07, 6.45) is 0. The third-order valence-corrected chi connectivity index (χ3v) is 4.94. The summed E-state index contributed by atoms with van der Waals surface area (Å²) in [6, 6.07) is 17.1. The van der Waals surface area contributed by atoms with E-state index in [4.69, 9.17) is 0 Å². The van der Waals surface area contributed by atoms with Crippen molar-refractivity contribution in [1.82, 2.24) is 4.37 Å². The van der Waals surface area contributed by atoms with E-state index >= 15 is 0 Å².